The zero-order chi connectivity index (χ0) is 50.5. The second kappa shape index (κ2) is 27.6. The van der Waals surface area contributed by atoms with Gasteiger partial charge in [0.15, 0.2) is 0 Å². The highest BCUT2D eigenvalue weighted by atomic mass is 32.1. The van der Waals surface area contributed by atoms with E-state index >= 15 is 0 Å². The molecule has 0 spiro atoms. The van der Waals surface area contributed by atoms with Gasteiger partial charge in [0.2, 0.25) is 53.2 Å². The number of carboxylic acid groups (broad SMARTS) is 1. The summed E-state index contributed by atoms with van der Waals surface area (Å²) in [6, 6.07) is 2.20. The van der Waals surface area contributed by atoms with E-state index < -0.39 is 139 Å². The van der Waals surface area contributed by atoms with E-state index in [1.54, 1.807) is 58.0 Å². The maximum Gasteiger partial charge on any atom is 0.328 e. The van der Waals surface area contributed by atoms with E-state index in [1.165, 1.54) is 24.3 Å². The van der Waals surface area contributed by atoms with Gasteiger partial charge in [0.05, 0.1) is 25.5 Å². The maximum absolute atomic E-state index is 13.9. The van der Waals surface area contributed by atoms with Gasteiger partial charge in [0, 0.05) is 18.6 Å². The molecule has 24 heteroatoms. The zero-order valence-corrected chi connectivity index (χ0v) is 38.4. The van der Waals surface area contributed by atoms with Gasteiger partial charge in [-0.25, -0.2) is 4.79 Å². The van der Waals surface area contributed by atoms with E-state index in [1.807, 2.05) is 0 Å². The second-order valence-corrected chi connectivity index (χ2v) is 16.8. The van der Waals surface area contributed by atoms with Gasteiger partial charge in [0.25, 0.3) is 0 Å². The fourth-order valence-corrected chi connectivity index (χ4v) is 6.61. The van der Waals surface area contributed by atoms with Crippen LogP contribution < -0.4 is 54.4 Å². The quantitative estimate of drug-likeness (QED) is 0.0366. The molecule has 0 saturated heterocycles. The number of thiol groups is 1. The minimum atomic E-state index is -1.73. The lowest BCUT2D eigenvalue weighted by Gasteiger charge is -2.28. The van der Waals surface area contributed by atoms with Crippen molar-refractivity contribution in [1.82, 2.24) is 37.2 Å². The molecule has 2 aromatic carbocycles. The summed E-state index contributed by atoms with van der Waals surface area (Å²) in [6.07, 6.45) is -1.61. The van der Waals surface area contributed by atoms with Crippen molar-refractivity contribution >= 4 is 71.8 Å². The predicted molar refractivity (Wildman–Crippen MR) is 244 cm³/mol. The molecule has 0 aliphatic carbocycles. The average molecular weight is 959 g/mol. The monoisotopic (exact) mass is 958 g/mol. The maximum atomic E-state index is 13.9. The van der Waals surface area contributed by atoms with Crippen molar-refractivity contribution in [1.29, 1.82) is 0 Å². The molecule has 2 rings (SSSR count). The average Bonchev–Trinajstić information content (AvgIpc) is 3.25. The molecular formula is C43H62N10O13S. The summed E-state index contributed by atoms with van der Waals surface area (Å²) in [5, 5.41) is 45.5. The Morgan fingerprint density at radius 1 is 0.552 bits per heavy atom. The number of aliphatic hydroxyl groups is 1. The zero-order valence-electron chi connectivity index (χ0n) is 37.5. The number of aliphatic hydroxyl groups excluding tert-OH is 1. The fourth-order valence-electron chi connectivity index (χ4n) is 6.36. The molecule has 0 fully saturated rings. The number of carbonyl (C=O) groups is 10. The van der Waals surface area contributed by atoms with Crippen molar-refractivity contribution in [3.05, 3.63) is 65.7 Å². The first-order valence-corrected chi connectivity index (χ1v) is 21.8. The Bertz CT molecular complexity index is 2060. The minimum Gasteiger partial charge on any atom is -0.508 e. The number of carboxylic acids is 1. The summed E-state index contributed by atoms with van der Waals surface area (Å²) < 4.78 is 0. The Hall–Kier alpha value is -6.79. The highest BCUT2D eigenvalue weighted by molar-refractivity contribution is 7.80. The number of carbonyl (C=O) groups excluding carboxylic acids is 9. The van der Waals surface area contributed by atoms with Gasteiger partial charge in [-0.15, -0.1) is 0 Å². The Morgan fingerprint density at radius 3 is 1.48 bits per heavy atom. The van der Waals surface area contributed by atoms with Crippen LogP contribution >= 0.6 is 12.6 Å². The Balaban J connectivity index is 2.38. The largest absolute Gasteiger partial charge is 0.508 e. The van der Waals surface area contributed by atoms with Gasteiger partial charge in [0.1, 0.15) is 48.0 Å². The van der Waals surface area contributed by atoms with Crippen LogP contribution in [0.15, 0.2) is 54.6 Å². The number of aliphatic carboxylic acids is 1. The van der Waals surface area contributed by atoms with Crippen LogP contribution in [0.3, 0.4) is 0 Å². The smallest absolute Gasteiger partial charge is 0.328 e. The molecule has 9 amide bonds. The third kappa shape index (κ3) is 19.7. The molecule has 0 bridgehead atoms. The van der Waals surface area contributed by atoms with Crippen molar-refractivity contribution in [3.63, 3.8) is 0 Å². The van der Waals surface area contributed by atoms with Crippen molar-refractivity contribution in [2.24, 2.45) is 29.0 Å². The van der Waals surface area contributed by atoms with Crippen LogP contribution in [-0.2, 0) is 60.8 Å². The van der Waals surface area contributed by atoms with E-state index in [2.05, 4.69) is 49.8 Å². The lowest BCUT2D eigenvalue weighted by Crippen LogP contribution is -2.61. The molecule has 23 nitrogen and oxygen atoms in total. The van der Waals surface area contributed by atoms with Crippen LogP contribution in [0.4, 0.5) is 0 Å². The van der Waals surface area contributed by atoms with Crippen LogP contribution in [0.1, 0.15) is 58.1 Å². The van der Waals surface area contributed by atoms with E-state index in [4.69, 9.17) is 17.2 Å². The first-order chi connectivity index (χ1) is 31.4. The summed E-state index contributed by atoms with van der Waals surface area (Å²) >= 11 is 4.19. The third-order valence-electron chi connectivity index (χ3n) is 9.92. The number of rotatable bonds is 28. The normalized spacial score (nSPS) is 14.6. The SMILES string of the molecule is CC(C)CC(NC(=O)C(Cc1ccccc1)NC(=O)C(N)CC(N)=O)C(=O)NC(CC(N)=O)C(=O)NC(CS)C(=O)NC(Cc1ccc(O)cc1)C(=O)NC(C(=O)NC(CO)C(=O)O)C(C)C. The molecule has 0 aliphatic heterocycles. The summed E-state index contributed by atoms with van der Waals surface area (Å²) in [5.74, 6) is -11.4. The minimum absolute atomic E-state index is 0.0112. The number of hydrogen-bond acceptors (Lipinski definition) is 14. The molecule has 0 aliphatic rings. The number of primary amides is 2. The molecule has 0 radical (unpaired) electrons. The Kier molecular flexibility index (Phi) is 23.2. The Labute approximate surface area is 392 Å². The van der Waals surface area contributed by atoms with Crippen LogP contribution in [-0.4, -0.2) is 135 Å². The molecule has 2 aromatic rings. The number of nitrogens with one attached hydrogen (secondary N) is 7. The van der Waals surface area contributed by atoms with Gasteiger partial charge in [-0.3, -0.25) is 43.2 Å². The topological polar surface area (TPSA) is 394 Å². The van der Waals surface area contributed by atoms with Crippen molar-refractivity contribution in [2.75, 3.05) is 12.4 Å². The molecule has 8 atom stereocenters. The first kappa shape index (κ1) is 56.3. The number of nitrogens with two attached hydrogens (primary N) is 3. The van der Waals surface area contributed by atoms with E-state index in [0.29, 0.717) is 11.1 Å². The molecule has 67 heavy (non-hydrogen) atoms. The van der Waals surface area contributed by atoms with Crippen molar-refractivity contribution in [2.45, 2.75) is 108 Å². The lowest BCUT2D eigenvalue weighted by atomic mass is 10.00. The molecule has 0 aromatic heterocycles. The van der Waals surface area contributed by atoms with E-state index in [9.17, 15) is 63.3 Å². The molecular weight excluding hydrogens is 897 g/mol. The number of phenols is 1. The van der Waals surface area contributed by atoms with E-state index in [-0.39, 0.29) is 30.9 Å². The van der Waals surface area contributed by atoms with Crippen LogP contribution in [0.2, 0.25) is 0 Å². The summed E-state index contributed by atoms with van der Waals surface area (Å²) in [7, 11) is 0. The number of hydrogen-bond donors (Lipinski definition) is 14. The van der Waals surface area contributed by atoms with Crippen LogP contribution in [0.5, 0.6) is 5.75 Å². The summed E-state index contributed by atoms with van der Waals surface area (Å²) in [5.41, 5.74) is 17.5. The van der Waals surface area contributed by atoms with Gasteiger partial charge in [-0.05, 0) is 41.5 Å². The molecule has 0 saturated carbocycles. The third-order valence-corrected chi connectivity index (χ3v) is 10.3. The molecule has 8 unspecified atom stereocenters. The van der Waals surface area contributed by atoms with Crippen molar-refractivity contribution < 1.29 is 63.3 Å². The molecule has 16 N–H and O–H groups in total. The Morgan fingerprint density at radius 2 is 0.985 bits per heavy atom. The summed E-state index contributed by atoms with van der Waals surface area (Å²) in [4.78, 5) is 130. The van der Waals surface area contributed by atoms with Gasteiger partial charge < -0.3 is 69.7 Å². The van der Waals surface area contributed by atoms with Gasteiger partial charge in [-0.1, -0.05) is 70.2 Å². The standard InChI is InChI=1S/C43H62N10O13S/c1-21(2)14-27(48-38(60)28(15-23-8-6-5-7-9-23)47-36(58)26(44)17-33(45)56)37(59)50-30(18-34(46)57)39(61)52-32(20-67)41(63)49-29(16-24-10-12-25(55)13-11-24)40(62)53-35(22(3)4)42(64)51-31(19-54)43(65)66/h5-13,21-22,26-32,35,54-55,67H,14-20,44H2,1-4H3,(H2,45,56)(H2,46,57)(H,47,58)(H,48,60)(H,49,63)(H,50,59)(H,51,64)(H,52,61)(H,53,62)(H,65,66). The van der Waals surface area contributed by atoms with Gasteiger partial charge >= 0.3 is 5.97 Å². The number of amides is 9. The molecule has 0 heterocycles. The number of aromatic hydroxyl groups is 1. The first-order valence-electron chi connectivity index (χ1n) is 21.2. The fraction of sp³-hybridized carbons (Fsp3) is 0.488. The lowest BCUT2D eigenvalue weighted by molar-refractivity contribution is -0.143. The predicted octanol–water partition coefficient (Wildman–Crippen LogP) is -3.64. The number of benzene rings is 2. The highest BCUT2D eigenvalue weighted by Gasteiger charge is 2.35. The molecule has 368 valence electrons. The highest BCUT2D eigenvalue weighted by Crippen LogP contribution is 2.14. The van der Waals surface area contributed by atoms with Gasteiger partial charge in [-0.2, -0.15) is 12.6 Å². The van der Waals surface area contributed by atoms with Crippen molar-refractivity contribution in [3.8, 4) is 5.75 Å². The second-order valence-electron chi connectivity index (χ2n) is 16.4. The summed E-state index contributed by atoms with van der Waals surface area (Å²) in [6.45, 7) is 5.63. The van der Waals surface area contributed by atoms with Crippen LogP contribution in [0, 0.1) is 11.8 Å². The number of phenolic OH excluding ortho intramolecular Hbond substituents is 1. The van der Waals surface area contributed by atoms with E-state index in [0.717, 1.165) is 0 Å². The van der Waals surface area contributed by atoms with Crippen LogP contribution in [0.25, 0.3) is 0 Å².